The molecular formula is C20H23N5O3. The highest BCUT2D eigenvalue weighted by Gasteiger charge is 2.22. The molecule has 0 atom stereocenters. The molecule has 0 spiro atoms. The van der Waals surface area contributed by atoms with Crippen molar-refractivity contribution in [2.75, 3.05) is 18.0 Å². The first-order valence-corrected chi connectivity index (χ1v) is 9.32. The summed E-state index contributed by atoms with van der Waals surface area (Å²) in [5.74, 6) is 1.15. The van der Waals surface area contributed by atoms with Gasteiger partial charge in [-0.1, -0.05) is 6.07 Å². The van der Waals surface area contributed by atoms with E-state index in [9.17, 15) is 9.59 Å². The SMILES string of the molecule is Cn1cnc(N2CCC(Oc3cccc4c3ccn4CC(N)=O)CC2)cc1=O. The number of nitrogens with two attached hydrogens (primary N) is 1. The minimum absolute atomic E-state index is 0.0597. The van der Waals surface area contributed by atoms with Crippen LogP contribution in [0.4, 0.5) is 5.82 Å². The second-order valence-electron chi connectivity index (χ2n) is 7.10. The second kappa shape index (κ2) is 7.38. The average Bonchev–Trinajstić information content (AvgIpc) is 3.08. The summed E-state index contributed by atoms with van der Waals surface area (Å²) >= 11 is 0. The number of carbonyl (C=O) groups is 1. The molecule has 28 heavy (non-hydrogen) atoms. The quantitative estimate of drug-likeness (QED) is 0.718. The van der Waals surface area contributed by atoms with E-state index in [0.717, 1.165) is 42.6 Å². The van der Waals surface area contributed by atoms with Gasteiger partial charge >= 0.3 is 0 Å². The van der Waals surface area contributed by atoms with E-state index in [1.54, 1.807) is 19.4 Å². The minimum Gasteiger partial charge on any atom is -0.490 e. The minimum atomic E-state index is -0.374. The van der Waals surface area contributed by atoms with E-state index in [1.807, 2.05) is 35.0 Å². The number of primary amides is 1. The normalized spacial score (nSPS) is 15.1. The van der Waals surface area contributed by atoms with Crippen LogP contribution in [0.15, 0.2) is 47.7 Å². The van der Waals surface area contributed by atoms with Gasteiger partial charge in [0.1, 0.15) is 24.2 Å². The van der Waals surface area contributed by atoms with Crippen LogP contribution < -0.4 is 20.9 Å². The van der Waals surface area contributed by atoms with Crippen molar-refractivity contribution in [2.24, 2.45) is 12.8 Å². The zero-order valence-corrected chi connectivity index (χ0v) is 15.7. The van der Waals surface area contributed by atoms with Gasteiger partial charge in [0.25, 0.3) is 5.56 Å². The van der Waals surface area contributed by atoms with Gasteiger partial charge in [0.05, 0.1) is 11.8 Å². The topological polar surface area (TPSA) is 95.4 Å². The molecule has 1 saturated heterocycles. The molecule has 0 bridgehead atoms. The molecule has 0 saturated carbocycles. The second-order valence-corrected chi connectivity index (χ2v) is 7.10. The molecule has 1 aromatic carbocycles. The Hall–Kier alpha value is -3.29. The molecule has 2 aromatic heterocycles. The van der Waals surface area contributed by atoms with Gasteiger partial charge in [-0.2, -0.15) is 0 Å². The van der Waals surface area contributed by atoms with Crippen molar-refractivity contribution in [1.29, 1.82) is 0 Å². The van der Waals surface area contributed by atoms with Crippen molar-refractivity contribution in [3.63, 3.8) is 0 Å². The Morgan fingerprint density at radius 2 is 2.07 bits per heavy atom. The van der Waals surface area contributed by atoms with E-state index in [0.29, 0.717) is 5.82 Å². The van der Waals surface area contributed by atoms with Crippen molar-refractivity contribution in [3.05, 3.63) is 53.2 Å². The molecule has 8 nitrogen and oxygen atoms in total. The first kappa shape index (κ1) is 18.1. The number of ether oxygens (including phenoxy) is 1. The fourth-order valence-corrected chi connectivity index (χ4v) is 3.61. The highest BCUT2D eigenvalue weighted by molar-refractivity contribution is 5.87. The third-order valence-electron chi connectivity index (χ3n) is 5.12. The number of aryl methyl sites for hydroxylation is 1. The van der Waals surface area contributed by atoms with Gasteiger partial charge < -0.3 is 24.5 Å². The van der Waals surface area contributed by atoms with Crippen LogP contribution in [0.5, 0.6) is 5.75 Å². The van der Waals surface area contributed by atoms with Crippen LogP contribution in [-0.4, -0.2) is 39.2 Å². The standard InChI is InChI=1S/C20H23N5O3/c1-23-13-22-19(11-20(23)27)24-8-5-14(6-9-24)28-17-4-2-3-16-15(17)7-10-25(16)12-18(21)26/h2-4,7,10-11,13-14H,5-6,8-9,12H2,1H3,(H2,21,26). The summed E-state index contributed by atoms with van der Waals surface area (Å²) < 4.78 is 9.56. The molecule has 3 heterocycles. The first-order valence-electron chi connectivity index (χ1n) is 9.32. The number of piperidine rings is 1. The number of carbonyl (C=O) groups excluding carboxylic acids is 1. The van der Waals surface area contributed by atoms with E-state index in [1.165, 1.54) is 4.57 Å². The number of hydrogen-bond donors (Lipinski definition) is 1. The molecule has 3 aromatic rings. The van der Waals surface area contributed by atoms with E-state index in [2.05, 4.69) is 9.88 Å². The molecule has 1 aliphatic heterocycles. The predicted octanol–water partition coefficient (Wildman–Crippen LogP) is 1.27. The summed E-state index contributed by atoms with van der Waals surface area (Å²) in [4.78, 5) is 29.5. The molecule has 0 unspecified atom stereocenters. The van der Waals surface area contributed by atoms with Gasteiger partial charge in [-0.15, -0.1) is 0 Å². The van der Waals surface area contributed by atoms with Gasteiger partial charge in [0.15, 0.2) is 0 Å². The summed E-state index contributed by atoms with van der Waals surface area (Å²) in [5.41, 5.74) is 6.19. The molecule has 1 aliphatic rings. The lowest BCUT2D eigenvalue weighted by atomic mass is 10.1. The first-order chi connectivity index (χ1) is 13.5. The maximum absolute atomic E-state index is 11.8. The fraction of sp³-hybridized carbons (Fsp3) is 0.350. The largest absolute Gasteiger partial charge is 0.490 e. The average molecular weight is 381 g/mol. The van der Waals surface area contributed by atoms with Gasteiger partial charge in [-0.25, -0.2) is 4.98 Å². The van der Waals surface area contributed by atoms with Gasteiger partial charge in [0, 0.05) is 50.6 Å². The zero-order valence-electron chi connectivity index (χ0n) is 15.7. The van der Waals surface area contributed by atoms with Crippen LogP contribution in [0, 0.1) is 0 Å². The maximum Gasteiger partial charge on any atom is 0.255 e. The lowest BCUT2D eigenvalue weighted by Gasteiger charge is -2.33. The molecule has 8 heteroatoms. The van der Waals surface area contributed by atoms with Gasteiger partial charge in [0.2, 0.25) is 5.91 Å². The Labute approximate surface area is 162 Å². The predicted molar refractivity (Wildman–Crippen MR) is 106 cm³/mol. The van der Waals surface area contributed by atoms with Crippen LogP contribution in [0.25, 0.3) is 10.9 Å². The Bertz CT molecular complexity index is 1060. The Kier molecular flexibility index (Phi) is 4.77. The van der Waals surface area contributed by atoms with Crippen LogP contribution in [0.3, 0.4) is 0 Å². The van der Waals surface area contributed by atoms with E-state index in [-0.39, 0.29) is 24.1 Å². The third kappa shape index (κ3) is 3.58. The van der Waals surface area contributed by atoms with Crippen LogP contribution in [-0.2, 0) is 18.4 Å². The summed E-state index contributed by atoms with van der Waals surface area (Å²) in [6.45, 7) is 1.71. The molecule has 2 N–H and O–H groups in total. The van der Waals surface area contributed by atoms with E-state index < -0.39 is 0 Å². The summed E-state index contributed by atoms with van der Waals surface area (Å²) in [7, 11) is 1.69. The number of aromatic nitrogens is 3. The highest BCUT2D eigenvalue weighted by atomic mass is 16.5. The molecule has 1 fully saturated rings. The lowest BCUT2D eigenvalue weighted by molar-refractivity contribution is -0.118. The fourth-order valence-electron chi connectivity index (χ4n) is 3.61. The number of anilines is 1. The summed E-state index contributed by atoms with van der Waals surface area (Å²) in [5, 5.41) is 0.972. The number of benzene rings is 1. The summed E-state index contributed by atoms with van der Waals surface area (Å²) in [6.07, 6.45) is 5.18. The molecular weight excluding hydrogens is 358 g/mol. The molecule has 0 aliphatic carbocycles. The number of rotatable bonds is 5. The molecule has 0 radical (unpaired) electrons. The van der Waals surface area contributed by atoms with Crippen molar-refractivity contribution in [1.82, 2.24) is 14.1 Å². The monoisotopic (exact) mass is 381 g/mol. The summed E-state index contributed by atoms with van der Waals surface area (Å²) in [6, 6.07) is 9.35. The highest BCUT2D eigenvalue weighted by Crippen LogP contribution is 2.29. The number of nitrogens with zero attached hydrogens (tertiary/aromatic N) is 4. The number of amides is 1. The molecule has 4 rings (SSSR count). The van der Waals surface area contributed by atoms with Crippen LogP contribution >= 0.6 is 0 Å². The Morgan fingerprint density at radius 3 is 2.79 bits per heavy atom. The molecule has 146 valence electrons. The van der Waals surface area contributed by atoms with Crippen LogP contribution in [0.2, 0.25) is 0 Å². The Morgan fingerprint density at radius 1 is 1.29 bits per heavy atom. The van der Waals surface area contributed by atoms with Crippen molar-refractivity contribution < 1.29 is 9.53 Å². The maximum atomic E-state index is 11.8. The van der Waals surface area contributed by atoms with Crippen molar-refractivity contribution in [3.8, 4) is 5.75 Å². The third-order valence-corrected chi connectivity index (χ3v) is 5.12. The Balaban J connectivity index is 1.45. The smallest absolute Gasteiger partial charge is 0.255 e. The molecule has 1 amide bonds. The van der Waals surface area contributed by atoms with Gasteiger partial charge in [-0.3, -0.25) is 9.59 Å². The van der Waals surface area contributed by atoms with Crippen LogP contribution in [0.1, 0.15) is 12.8 Å². The number of hydrogen-bond acceptors (Lipinski definition) is 5. The van der Waals surface area contributed by atoms with E-state index >= 15 is 0 Å². The van der Waals surface area contributed by atoms with Gasteiger partial charge in [-0.05, 0) is 18.2 Å². The van der Waals surface area contributed by atoms with Crippen molar-refractivity contribution in [2.45, 2.75) is 25.5 Å². The van der Waals surface area contributed by atoms with E-state index in [4.69, 9.17) is 10.5 Å². The number of fused-ring (bicyclic) bond motifs is 1. The zero-order chi connectivity index (χ0) is 19.7. The lowest BCUT2D eigenvalue weighted by Crippen LogP contribution is -2.39. The van der Waals surface area contributed by atoms with Crippen molar-refractivity contribution >= 4 is 22.6 Å².